The maximum atomic E-state index is 12.2. The molecule has 0 unspecified atom stereocenters. The van der Waals surface area contributed by atoms with Crippen LogP contribution >= 0.6 is 0 Å². The molecule has 62 heavy (non-hydrogen) atoms. The lowest BCUT2D eigenvalue weighted by Gasteiger charge is -2.29. The molecule has 0 N–H and O–H groups in total. The molecule has 4 aromatic carbocycles. The highest BCUT2D eigenvalue weighted by Gasteiger charge is 2.38. The standard InChI is InChI=1S/C56H42N6/c57-33-43-53(59-45-25-9-1-17-35(45)36-18-2-10-26-46(36)59)44(34-58)55(61-49-29-13-5-21-39(49)40-22-6-14-30-50(40)61)56(62-51-31-15-7-23-41(51)42-24-8-16-32-52(42)62)54(43)60-47-27-11-3-19-37(47)38-20-4-12-28-48(38)60/h1-3,9-19,25-32H,4-8,20-24H2. The first-order valence-corrected chi connectivity index (χ1v) is 22.3. The Bertz CT molecular complexity index is 3410. The molecule has 5 aliphatic carbocycles. The Morgan fingerprint density at radius 3 is 1.11 bits per heavy atom. The molecule has 4 aromatic heterocycles. The quantitative estimate of drug-likeness (QED) is 0.178. The molecule has 0 bridgehead atoms. The zero-order valence-corrected chi connectivity index (χ0v) is 34.5. The molecule has 6 heteroatoms. The normalized spacial score (nSPS) is 15.7. The van der Waals surface area contributed by atoms with Gasteiger partial charge in [0.1, 0.15) is 23.3 Å². The summed E-state index contributed by atoms with van der Waals surface area (Å²) in [6.07, 6.45) is 32.6. The van der Waals surface area contributed by atoms with Gasteiger partial charge in [-0.25, -0.2) is 0 Å². The topological polar surface area (TPSA) is 67.3 Å². The third-order valence-corrected chi connectivity index (χ3v) is 14.2. The van der Waals surface area contributed by atoms with Crippen molar-refractivity contribution >= 4 is 63.1 Å². The van der Waals surface area contributed by atoms with Crippen molar-refractivity contribution in [2.75, 3.05) is 0 Å². The van der Waals surface area contributed by atoms with Crippen LogP contribution in [0.2, 0.25) is 0 Å². The minimum atomic E-state index is 0.478. The molecule has 0 atom stereocenters. The van der Waals surface area contributed by atoms with Crippen LogP contribution in [0.5, 0.6) is 0 Å². The third-order valence-electron chi connectivity index (χ3n) is 14.2. The molecule has 5 aliphatic rings. The molecule has 4 heterocycles. The van der Waals surface area contributed by atoms with Crippen LogP contribution in [0.3, 0.4) is 0 Å². The second kappa shape index (κ2) is 13.5. The first-order valence-electron chi connectivity index (χ1n) is 22.3. The Morgan fingerprint density at radius 2 is 0.677 bits per heavy atom. The number of allylic oxidation sites excluding steroid dienone is 5. The highest BCUT2D eigenvalue weighted by Crippen LogP contribution is 2.49. The van der Waals surface area contributed by atoms with Crippen molar-refractivity contribution < 1.29 is 0 Å². The van der Waals surface area contributed by atoms with E-state index in [1.54, 1.807) is 0 Å². The lowest BCUT2D eigenvalue weighted by atomic mass is 9.94. The van der Waals surface area contributed by atoms with E-state index in [4.69, 9.17) is 0 Å². The zero-order valence-electron chi connectivity index (χ0n) is 34.5. The molecular formula is C56H42N6. The summed E-state index contributed by atoms with van der Waals surface area (Å²) in [6, 6.07) is 31.4. The number of hydrogen-bond donors (Lipinski definition) is 0. The molecule has 0 saturated heterocycles. The number of hydrogen-bond acceptors (Lipinski definition) is 2. The Morgan fingerprint density at radius 1 is 0.339 bits per heavy atom. The summed E-state index contributed by atoms with van der Waals surface area (Å²) < 4.78 is 9.50. The number of para-hydroxylation sites is 3. The molecule has 0 radical (unpaired) electrons. The van der Waals surface area contributed by atoms with Crippen molar-refractivity contribution in [3.63, 3.8) is 0 Å². The maximum Gasteiger partial charge on any atom is 0.104 e. The number of benzene rings is 4. The largest absolute Gasteiger partial charge is 0.307 e. The highest BCUT2D eigenvalue weighted by atomic mass is 15.1. The molecule has 296 valence electrons. The summed E-state index contributed by atoms with van der Waals surface area (Å²) >= 11 is 0. The van der Waals surface area contributed by atoms with Gasteiger partial charge >= 0.3 is 0 Å². The number of rotatable bonds is 4. The van der Waals surface area contributed by atoms with Crippen molar-refractivity contribution in [2.24, 2.45) is 0 Å². The van der Waals surface area contributed by atoms with E-state index in [1.807, 2.05) is 0 Å². The van der Waals surface area contributed by atoms with E-state index in [0.717, 1.165) is 137 Å². The third kappa shape index (κ3) is 4.67. The molecule has 0 saturated carbocycles. The van der Waals surface area contributed by atoms with E-state index in [0.29, 0.717) is 16.8 Å². The van der Waals surface area contributed by atoms with Gasteiger partial charge in [0.15, 0.2) is 0 Å². The zero-order chi connectivity index (χ0) is 41.1. The Balaban J connectivity index is 1.35. The lowest BCUT2D eigenvalue weighted by molar-refractivity contribution is 0.899. The van der Waals surface area contributed by atoms with Crippen molar-refractivity contribution in [3.8, 4) is 34.9 Å². The van der Waals surface area contributed by atoms with Gasteiger partial charge in [0, 0.05) is 44.6 Å². The lowest BCUT2D eigenvalue weighted by Crippen LogP contribution is -2.20. The maximum absolute atomic E-state index is 12.2. The summed E-state index contributed by atoms with van der Waals surface area (Å²) in [5.41, 5.74) is 19.5. The summed E-state index contributed by atoms with van der Waals surface area (Å²) in [6.45, 7) is 0. The number of nitrogens with zero attached hydrogens (tertiary/aromatic N) is 6. The SMILES string of the molecule is N#Cc1c(-n2c3c(c4c2C=CCC4)CCC=C3)c(-n2c3c(c4c2C=CCC4)CCC=C3)c(-n2c3c(c4ccccc42)CCC=C3)c(C#N)c1-n1c2ccccc2c2ccccc21. The molecule has 13 rings (SSSR count). The van der Waals surface area contributed by atoms with Crippen LogP contribution in [0.25, 0.3) is 85.8 Å². The monoisotopic (exact) mass is 798 g/mol. The summed E-state index contributed by atoms with van der Waals surface area (Å²) in [4.78, 5) is 0. The predicted molar refractivity (Wildman–Crippen MR) is 252 cm³/mol. The second-order valence-corrected chi connectivity index (χ2v) is 17.3. The van der Waals surface area contributed by atoms with Crippen LogP contribution < -0.4 is 0 Å². The Kier molecular flexibility index (Phi) is 7.66. The minimum absolute atomic E-state index is 0.478. The Hall–Kier alpha value is -7.54. The molecule has 0 amide bonds. The van der Waals surface area contributed by atoms with Gasteiger partial charge in [-0.2, -0.15) is 10.5 Å². The van der Waals surface area contributed by atoms with Crippen LogP contribution in [-0.2, 0) is 32.1 Å². The summed E-state index contributed by atoms with van der Waals surface area (Å²) in [5, 5.41) is 27.7. The van der Waals surface area contributed by atoms with Crippen molar-refractivity contribution in [3.05, 3.63) is 171 Å². The van der Waals surface area contributed by atoms with Gasteiger partial charge < -0.3 is 18.3 Å². The molecule has 0 fully saturated rings. The van der Waals surface area contributed by atoms with E-state index in [2.05, 4.69) is 164 Å². The van der Waals surface area contributed by atoms with Crippen LogP contribution in [-0.4, -0.2) is 18.3 Å². The van der Waals surface area contributed by atoms with Crippen molar-refractivity contribution in [2.45, 2.75) is 64.2 Å². The first-order chi connectivity index (χ1) is 30.8. The average molecular weight is 799 g/mol. The molecular weight excluding hydrogens is 757 g/mol. The fourth-order valence-electron chi connectivity index (χ4n) is 11.8. The fraction of sp³-hybridized carbons (Fsp3) is 0.179. The van der Waals surface area contributed by atoms with E-state index < -0.39 is 0 Å². The van der Waals surface area contributed by atoms with Crippen LogP contribution in [0.4, 0.5) is 0 Å². The number of aryl methyl sites for hydroxylation is 1. The van der Waals surface area contributed by atoms with Crippen LogP contribution in [0.1, 0.15) is 99.5 Å². The van der Waals surface area contributed by atoms with Gasteiger partial charge in [-0.1, -0.05) is 85.0 Å². The van der Waals surface area contributed by atoms with Gasteiger partial charge in [-0.15, -0.1) is 0 Å². The first kappa shape index (κ1) is 35.2. The van der Waals surface area contributed by atoms with Gasteiger partial charge in [-0.05, 0) is 141 Å². The van der Waals surface area contributed by atoms with Gasteiger partial charge in [0.05, 0.1) is 39.3 Å². The number of aromatic nitrogens is 4. The smallest absolute Gasteiger partial charge is 0.104 e. The number of nitriles is 2. The van der Waals surface area contributed by atoms with Crippen LogP contribution in [0.15, 0.2) is 103 Å². The molecule has 0 aliphatic heterocycles. The van der Waals surface area contributed by atoms with Gasteiger partial charge in [0.2, 0.25) is 0 Å². The predicted octanol–water partition coefficient (Wildman–Crippen LogP) is 12.8. The van der Waals surface area contributed by atoms with Crippen LogP contribution in [0, 0.1) is 22.7 Å². The molecule has 6 nitrogen and oxygen atoms in total. The minimum Gasteiger partial charge on any atom is -0.307 e. The highest BCUT2D eigenvalue weighted by molar-refractivity contribution is 6.10. The van der Waals surface area contributed by atoms with E-state index in [9.17, 15) is 10.5 Å². The van der Waals surface area contributed by atoms with Gasteiger partial charge in [0.25, 0.3) is 0 Å². The van der Waals surface area contributed by atoms with Crippen molar-refractivity contribution in [1.29, 1.82) is 10.5 Å². The fourth-order valence-corrected chi connectivity index (χ4v) is 11.8. The van der Waals surface area contributed by atoms with Crippen molar-refractivity contribution in [1.82, 2.24) is 18.3 Å². The average Bonchev–Trinajstić information content (AvgIpc) is 4.06. The second-order valence-electron chi connectivity index (χ2n) is 17.3. The molecule has 0 spiro atoms. The molecule has 8 aromatic rings. The Labute approximate surface area is 360 Å². The van der Waals surface area contributed by atoms with E-state index in [-0.39, 0.29) is 0 Å². The van der Waals surface area contributed by atoms with E-state index in [1.165, 1.54) is 33.2 Å². The number of fused-ring (bicyclic) bond motifs is 12. The van der Waals surface area contributed by atoms with E-state index >= 15 is 0 Å². The summed E-state index contributed by atoms with van der Waals surface area (Å²) in [7, 11) is 0. The summed E-state index contributed by atoms with van der Waals surface area (Å²) in [5.74, 6) is 0. The van der Waals surface area contributed by atoms with Gasteiger partial charge in [-0.3, -0.25) is 0 Å².